The summed E-state index contributed by atoms with van der Waals surface area (Å²) in [6.07, 6.45) is 0. The fraction of sp³-hybridized carbons (Fsp3) is 0.130. The molecule has 0 fully saturated rings. The third-order valence-corrected chi connectivity index (χ3v) is 4.37. The highest BCUT2D eigenvalue weighted by Gasteiger charge is 2.04. The molecule has 0 saturated heterocycles. The number of aryl methyl sites for hydroxylation is 1. The first-order valence-corrected chi connectivity index (χ1v) is 9.14. The Kier molecular flexibility index (Phi) is 9.86. The number of nitrogens with two attached hydrogens (primary N) is 2. The minimum Gasteiger partial charge on any atom is -0.489 e. The molecule has 0 radical (unpaired) electrons. The molecule has 0 bridgehead atoms. The summed E-state index contributed by atoms with van der Waals surface area (Å²) in [7, 11) is 0. The lowest BCUT2D eigenvalue weighted by molar-refractivity contribution is 0.289. The topological polar surface area (TPSA) is 118 Å². The van der Waals surface area contributed by atoms with E-state index in [1.54, 1.807) is 0 Å². The monoisotopic (exact) mass is 460 g/mol. The van der Waals surface area contributed by atoms with Gasteiger partial charge in [0, 0.05) is 17.2 Å². The van der Waals surface area contributed by atoms with Crippen molar-refractivity contribution in [2.75, 3.05) is 0 Å². The maximum atomic E-state index is 7.44. The van der Waals surface area contributed by atoms with Gasteiger partial charge in [0.1, 0.15) is 36.4 Å². The van der Waals surface area contributed by atoms with Crippen LogP contribution in [0.4, 0.5) is 0 Å². The molecule has 8 heteroatoms. The number of nitrogen functional groups attached to an aromatic ring is 2. The second-order valence-electron chi connectivity index (χ2n) is 6.78. The van der Waals surface area contributed by atoms with E-state index in [-0.39, 0.29) is 36.5 Å². The largest absolute Gasteiger partial charge is 0.489 e. The van der Waals surface area contributed by atoms with Gasteiger partial charge in [0.15, 0.2) is 0 Å². The highest BCUT2D eigenvalue weighted by atomic mass is 35.5. The van der Waals surface area contributed by atoms with E-state index in [2.05, 4.69) is 0 Å². The van der Waals surface area contributed by atoms with Crippen molar-refractivity contribution in [1.82, 2.24) is 0 Å². The fourth-order valence-corrected chi connectivity index (χ4v) is 2.78. The van der Waals surface area contributed by atoms with E-state index >= 15 is 0 Å². The predicted molar refractivity (Wildman–Crippen MR) is 129 cm³/mol. The normalized spacial score (nSPS) is 9.71. The molecule has 3 aromatic carbocycles. The molecule has 0 atom stereocenters. The van der Waals surface area contributed by atoms with Crippen molar-refractivity contribution in [2.45, 2.75) is 20.1 Å². The Hall–Kier alpha value is -3.22. The van der Waals surface area contributed by atoms with E-state index in [0.717, 1.165) is 28.2 Å². The predicted octanol–water partition coefficient (Wildman–Crippen LogP) is 4.56. The minimum atomic E-state index is 0. The standard InChI is InChI=1S/C23H24N4O2.2ClH/c1-15-10-20(28-13-16-2-6-18(7-3-16)22(24)25)12-21(11-15)29-14-17-4-8-19(9-5-17)23(26)27;;/h2-12H,13-14H2,1H3,(H3,24,25)(H3,26,27);2*1H. The number of amidine groups is 2. The van der Waals surface area contributed by atoms with E-state index in [1.807, 2.05) is 73.7 Å². The summed E-state index contributed by atoms with van der Waals surface area (Å²) < 4.78 is 11.8. The zero-order valence-corrected chi connectivity index (χ0v) is 18.7. The molecule has 0 aromatic heterocycles. The van der Waals surface area contributed by atoms with Crippen molar-refractivity contribution < 1.29 is 9.47 Å². The van der Waals surface area contributed by atoms with Gasteiger partial charge in [-0.05, 0) is 35.7 Å². The van der Waals surface area contributed by atoms with E-state index < -0.39 is 0 Å². The summed E-state index contributed by atoms with van der Waals surface area (Å²) in [5.74, 6) is 1.55. The Bertz CT molecular complexity index is 943. The van der Waals surface area contributed by atoms with E-state index in [1.165, 1.54) is 0 Å². The van der Waals surface area contributed by atoms with Gasteiger partial charge >= 0.3 is 0 Å². The lowest BCUT2D eigenvalue weighted by Gasteiger charge is -2.12. The molecule has 0 saturated carbocycles. The van der Waals surface area contributed by atoms with Gasteiger partial charge in [-0.1, -0.05) is 48.5 Å². The molecule has 6 nitrogen and oxygen atoms in total. The van der Waals surface area contributed by atoms with Crippen LogP contribution >= 0.6 is 24.8 Å². The first kappa shape index (κ1) is 25.8. The molecule has 6 N–H and O–H groups in total. The molecule has 0 heterocycles. The number of nitrogens with one attached hydrogen (secondary N) is 2. The first-order valence-electron chi connectivity index (χ1n) is 9.14. The summed E-state index contributed by atoms with van der Waals surface area (Å²) >= 11 is 0. The van der Waals surface area contributed by atoms with Crippen LogP contribution in [-0.4, -0.2) is 11.7 Å². The quantitative estimate of drug-likeness (QED) is 0.290. The van der Waals surface area contributed by atoms with Crippen molar-refractivity contribution in [3.05, 3.63) is 94.5 Å². The number of ether oxygens (including phenoxy) is 2. The second kappa shape index (κ2) is 11.8. The molecule has 0 aliphatic heterocycles. The second-order valence-corrected chi connectivity index (χ2v) is 6.78. The Balaban J connectivity index is 0.00000240. The molecule has 0 aliphatic carbocycles. The summed E-state index contributed by atoms with van der Waals surface area (Å²) in [6.45, 7) is 2.81. The van der Waals surface area contributed by atoms with Gasteiger partial charge in [-0.2, -0.15) is 0 Å². The number of hydrogen-bond donors (Lipinski definition) is 4. The van der Waals surface area contributed by atoms with Crippen LogP contribution in [0.2, 0.25) is 0 Å². The SMILES string of the molecule is Cc1cc(OCc2ccc(C(=N)N)cc2)cc(OCc2ccc(C(=N)N)cc2)c1.Cl.Cl. The van der Waals surface area contributed by atoms with Crippen LogP contribution in [-0.2, 0) is 13.2 Å². The third kappa shape index (κ3) is 7.51. The molecule has 3 aromatic rings. The smallest absolute Gasteiger partial charge is 0.123 e. The maximum absolute atomic E-state index is 7.44. The zero-order chi connectivity index (χ0) is 20.8. The van der Waals surface area contributed by atoms with Crippen LogP contribution in [0.1, 0.15) is 27.8 Å². The van der Waals surface area contributed by atoms with Crippen molar-refractivity contribution in [3.8, 4) is 11.5 Å². The van der Waals surface area contributed by atoms with Gasteiger partial charge < -0.3 is 20.9 Å². The molecular weight excluding hydrogens is 435 g/mol. The molecule has 0 unspecified atom stereocenters. The molecular formula is C23H26Cl2N4O2. The average Bonchev–Trinajstić information content (AvgIpc) is 2.71. The van der Waals surface area contributed by atoms with Gasteiger partial charge in [-0.15, -0.1) is 24.8 Å². The fourth-order valence-electron chi connectivity index (χ4n) is 2.78. The van der Waals surface area contributed by atoms with E-state index in [0.29, 0.717) is 24.3 Å². The van der Waals surface area contributed by atoms with Crippen molar-refractivity contribution in [1.29, 1.82) is 10.8 Å². The van der Waals surface area contributed by atoms with Crippen molar-refractivity contribution >= 4 is 36.5 Å². The van der Waals surface area contributed by atoms with Crippen LogP contribution < -0.4 is 20.9 Å². The van der Waals surface area contributed by atoms with E-state index in [4.69, 9.17) is 31.8 Å². The molecule has 0 aliphatic rings. The van der Waals surface area contributed by atoms with Gasteiger partial charge in [0.2, 0.25) is 0 Å². The van der Waals surface area contributed by atoms with Crippen LogP contribution in [0.3, 0.4) is 0 Å². The molecule has 31 heavy (non-hydrogen) atoms. The Morgan fingerprint density at radius 2 is 1.03 bits per heavy atom. The Morgan fingerprint density at radius 3 is 1.35 bits per heavy atom. The van der Waals surface area contributed by atoms with Gasteiger partial charge in [0.05, 0.1) is 0 Å². The van der Waals surface area contributed by atoms with E-state index in [9.17, 15) is 0 Å². The first-order chi connectivity index (χ1) is 13.9. The number of halogens is 2. The zero-order valence-electron chi connectivity index (χ0n) is 17.1. The number of hydrogen-bond acceptors (Lipinski definition) is 4. The molecule has 0 amide bonds. The highest BCUT2D eigenvalue weighted by Crippen LogP contribution is 2.24. The van der Waals surface area contributed by atoms with Crippen LogP contribution in [0.25, 0.3) is 0 Å². The average molecular weight is 461 g/mol. The Morgan fingerprint density at radius 1 is 0.677 bits per heavy atom. The van der Waals surface area contributed by atoms with Crippen LogP contribution in [0.15, 0.2) is 66.7 Å². The summed E-state index contributed by atoms with van der Waals surface area (Å²) in [5, 5.41) is 14.9. The Labute approximate surface area is 194 Å². The lowest BCUT2D eigenvalue weighted by atomic mass is 10.1. The molecule has 164 valence electrons. The number of rotatable bonds is 8. The summed E-state index contributed by atoms with van der Waals surface area (Å²) in [5.41, 5.74) is 15.4. The van der Waals surface area contributed by atoms with Crippen molar-refractivity contribution in [3.63, 3.8) is 0 Å². The van der Waals surface area contributed by atoms with Gasteiger partial charge in [-0.25, -0.2) is 0 Å². The van der Waals surface area contributed by atoms with Crippen molar-refractivity contribution in [2.24, 2.45) is 11.5 Å². The molecule has 0 spiro atoms. The summed E-state index contributed by atoms with van der Waals surface area (Å²) in [6, 6.07) is 20.6. The lowest BCUT2D eigenvalue weighted by Crippen LogP contribution is -2.10. The maximum Gasteiger partial charge on any atom is 0.123 e. The third-order valence-electron chi connectivity index (χ3n) is 4.37. The van der Waals surface area contributed by atoms with Gasteiger partial charge in [-0.3, -0.25) is 10.8 Å². The number of benzene rings is 3. The van der Waals surface area contributed by atoms with Crippen LogP contribution in [0, 0.1) is 17.7 Å². The molecule has 3 rings (SSSR count). The van der Waals surface area contributed by atoms with Crippen LogP contribution in [0.5, 0.6) is 11.5 Å². The van der Waals surface area contributed by atoms with Gasteiger partial charge in [0.25, 0.3) is 0 Å². The highest BCUT2D eigenvalue weighted by molar-refractivity contribution is 5.95. The summed E-state index contributed by atoms with van der Waals surface area (Å²) in [4.78, 5) is 0. The minimum absolute atomic E-state index is 0.